The maximum atomic E-state index is 12.3. The Bertz CT molecular complexity index is 593. The van der Waals surface area contributed by atoms with Crippen molar-refractivity contribution in [1.29, 1.82) is 0 Å². The van der Waals surface area contributed by atoms with Crippen LogP contribution in [0.5, 0.6) is 5.75 Å². The summed E-state index contributed by atoms with van der Waals surface area (Å²) >= 11 is 3.42. The number of carbonyl (C=O) groups excluding carboxylic acids is 1. The van der Waals surface area contributed by atoms with Gasteiger partial charge in [-0.15, -0.1) is 0 Å². The molecule has 110 valence electrons. The lowest BCUT2D eigenvalue weighted by molar-refractivity contribution is 0.0773. The fourth-order valence-electron chi connectivity index (χ4n) is 2.00. The largest absolute Gasteiger partial charge is 0.492 e. The lowest BCUT2D eigenvalue weighted by Crippen LogP contribution is -2.30. The molecule has 0 atom stereocenters. The number of benzene rings is 2. The first-order chi connectivity index (χ1) is 10.1. The summed E-state index contributed by atoms with van der Waals surface area (Å²) in [6, 6.07) is 15.3. The normalized spacial score (nSPS) is 10.2. The zero-order chi connectivity index (χ0) is 15.2. The molecule has 21 heavy (non-hydrogen) atoms. The molecule has 0 unspecified atom stereocenters. The van der Waals surface area contributed by atoms with Crippen LogP contribution in [-0.2, 0) is 0 Å². The number of para-hydroxylation sites is 1. The second-order valence-electron chi connectivity index (χ2n) is 4.91. The molecule has 0 aliphatic heterocycles. The molecule has 2 rings (SSSR count). The molecule has 3 nitrogen and oxygen atoms in total. The van der Waals surface area contributed by atoms with Gasteiger partial charge in [0.15, 0.2) is 0 Å². The first-order valence-corrected chi connectivity index (χ1v) is 7.56. The smallest absolute Gasteiger partial charge is 0.253 e. The summed E-state index contributed by atoms with van der Waals surface area (Å²) in [6.45, 7) is 2.98. The summed E-state index contributed by atoms with van der Waals surface area (Å²) in [4.78, 5) is 14.0. The molecule has 0 radical (unpaired) electrons. The van der Waals surface area contributed by atoms with Gasteiger partial charge in [0.2, 0.25) is 0 Å². The van der Waals surface area contributed by atoms with Gasteiger partial charge in [-0.2, -0.15) is 0 Å². The third-order valence-corrected chi connectivity index (χ3v) is 3.53. The molecular formula is C17H18BrNO2. The van der Waals surface area contributed by atoms with Crippen molar-refractivity contribution in [1.82, 2.24) is 4.90 Å². The van der Waals surface area contributed by atoms with Gasteiger partial charge < -0.3 is 9.64 Å². The van der Waals surface area contributed by atoms with Crippen LogP contribution in [0.4, 0.5) is 0 Å². The van der Waals surface area contributed by atoms with Crippen LogP contribution >= 0.6 is 15.9 Å². The molecule has 4 heteroatoms. The Morgan fingerprint density at radius 1 is 1.19 bits per heavy atom. The zero-order valence-electron chi connectivity index (χ0n) is 12.2. The molecule has 0 heterocycles. The van der Waals surface area contributed by atoms with Crippen LogP contribution in [0.1, 0.15) is 15.9 Å². The minimum atomic E-state index is -0.00365. The molecular weight excluding hydrogens is 330 g/mol. The van der Waals surface area contributed by atoms with Crippen LogP contribution in [0.15, 0.2) is 53.0 Å². The van der Waals surface area contributed by atoms with Crippen molar-refractivity contribution in [3.05, 3.63) is 64.1 Å². The maximum Gasteiger partial charge on any atom is 0.253 e. The van der Waals surface area contributed by atoms with Crippen LogP contribution in [-0.4, -0.2) is 31.0 Å². The van der Waals surface area contributed by atoms with Crippen molar-refractivity contribution in [2.75, 3.05) is 20.2 Å². The fraction of sp³-hybridized carbons (Fsp3) is 0.235. The molecule has 0 aliphatic rings. The highest BCUT2D eigenvalue weighted by Gasteiger charge is 2.12. The van der Waals surface area contributed by atoms with Crippen LogP contribution in [0, 0.1) is 6.92 Å². The summed E-state index contributed by atoms with van der Waals surface area (Å²) < 4.78 is 6.52. The van der Waals surface area contributed by atoms with Crippen molar-refractivity contribution < 1.29 is 9.53 Å². The van der Waals surface area contributed by atoms with E-state index in [1.807, 2.05) is 55.5 Å². The highest BCUT2D eigenvalue weighted by molar-refractivity contribution is 9.10. The first kappa shape index (κ1) is 15.6. The predicted molar refractivity (Wildman–Crippen MR) is 87.8 cm³/mol. The van der Waals surface area contributed by atoms with Crippen LogP contribution in [0.3, 0.4) is 0 Å². The molecule has 0 fully saturated rings. The topological polar surface area (TPSA) is 29.5 Å². The SMILES string of the molecule is Cc1cc(Br)cc(C(=O)N(C)CCOc2ccccc2)c1. The Hall–Kier alpha value is -1.81. The van der Waals surface area contributed by atoms with Crippen molar-refractivity contribution in [3.8, 4) is 5.75 Å². The van der Waals surface area contributed by atoms with Gasteiger partial charge in [0.1, 0.15) is 12.4 Å². The van der Waals surface area contributed by atoms with Gasteiger partial charge in [0.25, 0.3) is 5.91 Å². The summed E-state index contributed by atoms with van der Waals surface area (Å²) in [7, 11) is 1.78. The van der Waals surface area contributed by atoms with Gasteiger partial charge in [0, 0.05) is 17.1 Å². The third-order valence-electron chi connectivity index (χ3n) is 3.07. The van der Waals surface area contributed by atoms with Gasteiger partial charge in [-0.25, -0.2) is 0 Å². The molecule has 0 saturated carbocycles. The van der Waals surface area contributed by atoms with E-state index in [0.29, 0.717) is 18.7 Å². The molecule has 0 bridgehead atoms. The second-order valence-corrected chi connectivity index (χ2v) is 5.82. The quantitative estimate of drug-likeness (QED) is 0.820. The molecule has 0 aromatic heterocycles. The number of carbonyl (C=O) groups is 1. The minimum absolute atomic E-state index is 0.00365. The van der Waals surface area contributed by atoms with Gasteiger partial charge in [-0.1, -0.05) is 34.1 Å². The summed E-state index contributed by atoms with van der Waals surface area (Å²) in [5, 5.41) is 0. The average molecular weight is 348 g/mol. The van der Waals surface area contributed by atoms with E-state index < -0.39 is 0 Å². The Balaban J connectivity index is 1.90. The van der Waals surface area contributed by atoms with E-state index in [0.717, 1.165) is 15.8 Å². The number of rotatable bonds is 5. The zero-order valence-corrected chi connectivity index (χ0v) is 13.8. The Labute approximate surface area is 133 Å². The van der Waals surface area contributed by atoms with E-state index in [1.165, 1.54) is 0 Å². The number of ether oxygens (including phenoxy) is 1. The van der Waals surface area contributed by atoms with Gasteiger partial charge >= 0.3 is 0 Å². The standard InChI is InChI=1S/C17H18BrNO2/c1-13-10-14(12-15(18)11-13)17(20)19(2)8-9-21-16-6-4-3-5-7-16/h3-7,10-12H,8-9H2,1-2H3. The van der Waals surface area contributed by atoms with Crippen molar-refractivity contribution in [2.24, 2.45) is 0 Å². The summed E-state index contributed by atoms with van der Waals surface area (Å²) in [5.74, 6) is 0.813. The van der Waals surface area contributed by atoms with Gasteiger partial charge in [-0.05, 0) is 42.8 Å². The van der Waals surface area contributed by atoms with Gasteiger partial charge in [-0.3, -0.25) is 4.79 Å². The molecule has 0 aliphatic carbocycles. The molecule has 2 aromatic carbocycles. The highest BCUT2D eigenvalue weighted by Crippen LogP contribution is 2.16. The van der Waals surface area contributed by atoms with E-state index in [9.17, 15) is 4.79 Å². The molecule has 0 spiro atoms. The van der Waals surface area contributed by atoms with Gasteiger partial charge in [0.05, 0.1) is 6.54 Å². The number of nitrogens with zero attached hydrogens (tertiary/aromatic N) is 1. The highest BCUT2D eigenvalue weighted by atomic mass is 79.9. The lowest BCUT2D eigenvalue weighted by atomic mass is 10.1. The van der Waals surface area contributed by atoms with E-state index >= 15 is 0 Å². The van der Waals surface area contributed by atoms with Crippen molar-refractivity contribution >= 4 is 21.8 Å². The number of amides is 1. The monoisotopic (exact) mass is 347 g/mol. The lowest BCUT2D eigenvalue weighted by Gasteiger charge is -2.18. The maximum absolute atomic E-state index is 12.3. The Kier molecular flexibility index (Phi) is 5.39. The Morgan fingerprint density at radius 3 is 2.57 bits per heavy atom. The molecule has 0 saturated heterocycles. The number of halogens is 1. The van der Waals surface area contributed by atoms with Crippen molar-refractivity contribution in [2.45, 2.75) is 6.92 Å². The predicted octanol–water partition coefficient (Wildman–Crippen LogP) is 3.91. The summed E-state index contributed by atoms with van der Waals surface area (Å²) in [5.41, 5.74) is 1.74. The molecule has 0 N–H and O–H groups in total. The third kappa shape index (κ3) is 4.60. The van der Waals surface area contributed by atoms with Crippen molar-refractivity contribution in [3.63, 3.8) is 0 Å². The Morgan fingerprint density at radius 2 is 1.90 bits per heavy atom. The van der Waals surface area contributed by atoms with E-state index in [4.69, 9.17) is 4.74 Å². The number of hydrogen-bond acceptors (Lipinski definition) is 2. The van der Waals surface area contributed by atoms with Crippen LogP contribution in [0.2, 0.25) is 0 Å². The minimum Gasteiger partial charge on any atom is -0.492 e. The number of aryl methyl sites for hydroxylation is 1. The average Bonchev–Trinajstić information content (AvgIpc) is 2.46. The van der Waals surface area contributed by atoms with Crippen LogP contribution in [0.25, 0.3) is 0 Å². The van der Waals surface area contributed by atoms with E-state index in [2.05, 4.69) is 15.9 Å². The molecule has 1 amide bonds. The number of likely N-dealkylation sites (N-methyl/N-ethyl adjacent to an activating group) is 1. The van der Waals surface area contributed by atoms with Crippen LogP contribution < -0.4 is 4.74 Å². The fourth-order valence-corrected chi connectivity index (χ4v) is 2.61. The van der Waals surface area contributed by atoms with E-state index in [1.54, 1.807) is 11.9 Å². The first-order valence-electron chi connectivity index (χ1n) is 6.77. The number of hydrogen-bond donors (Lipinski definition) is 0. The second kappa shape index (κ2) is 7.27. The molecule has 2 aromatic rings. The summed E-state index contributed by atoms with van der Waals surface area (Å²) in [6.07, 6.45) is 0. The van der Waals surface area contributed by atoms with E-state index in [-0.39, 0.29) is 5.91 Å².